The van der Waals surface area contributed by atoms with Crippen LogP contribution < -0.4 is 0 Å². The predicted octanol–water partition coefficient (Wildman–Crippen LogP) is 5.11. The second-order valence-electron chi connectivity index (χ2n) is 4.02. The Morgan fingerprint density at radius 1 is 1.36 bits per heavy atom. The van der Waals surface area contributed by atoms with E-state index in [1.807, 2.05) is 11.3 Å². The van der Waals surface area contributed by atoms with E-state index in [0.29, 0.717) is 4.83 Å². The van der Waals surface area contributed by atoms with Crippen LogP contribution in [0.4, 0.5) is 0 Å². The van der Waals surface area contributed by atoms with Gasteiger partial charge in [0.2, 0.25) is 0 Å². The second kappa shape index (κ2) is 5.66. The van der Waals surface area contributed by atoms with Crippen molar-refractivity contribution in [2.24, 2.45) is 11.8 Å². The molecule has 0 saturated heterocycles. The number of rotatable bonds is 4. The molecule has 0 aromatic carbocycles. The molecule has 0 N–H and O–H groups in total. The van der Waals surface area contributed by atoms with Crippen LogP contribution in [0.1, 0.15) is 25.6 Å². The van der Waals surface area contributed by atoms with Gasteiger partial charge in [0.1, 0.15) is 0 Å². The highest BCUT2D eigenvalue weighted by molar-refractivity contribution is 9.10. The summed E-state index contributed by atoms with van der Waals surface area (Å²) >= 11 is 9.04. The second-order valence-corrected chi connectivity index (χ2v) is 7.38. The van der Waals surface area contributed by atoms with Gasteiger partial charge in [-0.1, -0.05) is 36.7 Å². The topological polar surface area (TPSA) is 0 Å². The van der Waals surface area contributed by atoms with E-state index < -0.39 is 0 Å². The normalized spacial score (nSPS) is 15.9. The maximum atomic E-state index is 3.70. The Hall–Kier alpha value is 0.660. The van der Waals surface area contributed by atoms with E-state index in [2.05, 4.69) is 64.1 Å². The largest absolute Gasteiger partial charge is 0.148 e. The van der Waals surface area contributed by atoms with E-state index in [9.17, 15) is 0 Å². The Labute approximate surface area is 107 Å². The Morgan fingerprint density at radius 2 is 2.00 bits per heavy atom. The monoisotopic (exact) mass is 338 g/mol. The van der Waals surface area contributed by atoms with Crippen molar-refractivity contribution in [3.05, 3.63) is 20.8 Å². The molecule has 0 radical (unpaired) electrons. The fourth-order valence-electron chi connectivity index (χ4n) is 1.62. The molecule has 14 heavy (non-hydrogen) atoms. The summed E-state index contributed by atoms with van der Waals surface area (Å²) in [4.78, 5) is 2.06. The molecule has 80 valence electrons. The fourth-order valence-corrected chi connectivity index (χ4v) is 3.94. The maximum absolute atomic E-state index is 3.70. The molecule has 0 bridgehead atoms. The number of alkyl halides is 1. The first-order valence-corrected chi connectivity index (χ1v) is 7.46. The highest BCUT2D eigenvalue weighted by atomic mass is 79.9. The standard InChI is InChI=1S/C11H16Br2S/c1-7(2)11(8(3)12)5-10-4-9(13)6-14-10/h4,6-8,11H,5H2,1-3H3. The third kappa shape index (κ3) is 3.67. The molecule has 2 atom stereocenters. The zero-order valence-corrected chi connectivity index (χ0v) is 12.7. The van der Waals surface area contributed by atoms with Gasteiger partial charge in [-0.2, -0.15) is 0 Å². The van der Waals surface area contributed by atoms with E-state index >= 15 is 0 Å². The minimum atomic E-state index is 0.586. The molecule has 0 aliphatic rings. The average Bonchev–Trinajstić information content (AvgIpc) is 2.46. The molecule has 1 aromatic heterocycles. The van der Waals surface area contributed by atoms with Crippen molar-refractivity contribution in [3.8, 4) is 0 Å². The number of hydrogen-bond donors (Lipinski definition) is 0. The molecule has 0 spiro atoms. The van der Waals surface area contributed by atoms with Gasteiger partial charge in [-0.15, -0.1) is 11.3 Å². The molecule has 0 fully saturated rings. The number of halogens is 2. The molecule has 1 rings (SSSR count). The van der Waals surface area contributed by atoms with Crippen molar-refractivity contribution < 1.29 is 0 Å². The highest BCUT2D eigenvalue weighted by Gasteiger charge is 2.19. The molecule has 0 aliphatic heterocycles. The van der Waals surface area contributed by atoms with Gasteiger partial charge in [-0.05, 0) is 40.3 Å². The van der Waals surface area contributed by atoms with E-state index in [1.54, 1.807) is 0 Å². The minimum Gasteiger partial charge on any atom is -0.148 e. The lowest BCUT2D eigenvalue weighted by Crippen LogP contribution is -2.19. The molecule has 2 unspecified atom stereocenters. The summed E-state index contributed by atoms with van der Waals surface area (Å²) in [6, 6.07) is 2.23. The summed E-state index contributed by atoms with van der Waals surface area (Å²) in [6.07, 6.45) is 1.18. The van der Waals surface area contributed by atoms with Crippen molar-refractivity contribution in [1.82, 2.24) is 0 Å². The molecule has 0 nitrogen and oxygen atoms in total. The van der Waals surface area contributed by atoms with Gasteiger partial charge in [0.25, 0.3) is 0 Å². The Morgan fingerprint density at radius 3 is 2.36 bits per heavy atom. The fraction of sp³-hybridized carbons (Fsp3) is 0.636. The number of thiophene rings is 1. The quantitative estimate of drug-likeness (QED) is 0.669. The Bertz CT molecular complexity index is 271. The maximum Gasteiger partial charge on any atom is 0.0285 e. The van der Waals surface area contributed by atoms with Gasteiger partial charge in [0.05, 0.1) is 0 Å². The van der Waals surface area contributed by atoms with Gasteiger partial charge in [0, 0.05) is 19.6 Å². The molecule has 0 saturated carbocycles. The lowest BCUT2D eigenvalue weighted by Gasteiger charge is -2.22. The van der Waals surface area contributed by atoms with Gasteiger partial charge < -0.3 is 0 Å². The van der Waals surface area contributed by atoms with Crippen LogP contribution in [-0.4, -0.2) is 4.83 Å². The first-order chi connectivity index (χ1) is 6.50. The van der Waals surface area contributed by atoms with Crippen LogP contribution in [0.15, 0.2) is 15.9 Å². The van der Waals surface area contributed by atoms with Gasteiger partial charge in [0.15, 0.2) is 0 Å². The van der Waals surface area contributed by atoms with Crippen molar-refractivity contribution in [2.75, 3.05) is 0 Å². The lowest BCUT2D eigenvalue weighted by molar-refractivity contribution is 0.386. The highest BCUT2D eigenvalue weighted by Crippen LogP contribution is 2.29. The van der Waals surface area contributed by atoms with Gasteiger partial charge >= 0.3 is 0 Å². The molecule has 0 aliphatic carbocycles. The molecule has 1 heterocycles. The van der Waals surface area contributed by atoms with Gasteiger partial charge in [-0.25, -0.2) is 0 Å². The van der Waals surface area contributed by atoms with Gasteiger partial charge in [-0.3, -0.25) is 0 Å². The first-order valence-electron chi connectivity index (χ1n) is 4.87. The van der Waals surface area contributed by atoms with Crippen molar-refractivity contribution in [3.63, 3.8) is 0 Å². The zero-order chi connectivity index (χ0) is 10.7. The van der Waals surface area contributed by atoms with Crippen LogP contribution >= 0.6 is 43.2 Å². The zero-order valence-electron chi connectivity index (χ0n) is 8.76. The van der Waals surface area contributed by atoms with Crippen LogP contribution in [-0.2, 0) is 6.42 Å². The minimum absolute atomic E-state index is 0.586. The van der Waals surface area contributed by atoms with Crippen LogP contribution in [0, 0.1) is 11.8 Å². The molecule has 3 heteroatoms. The van der Waals surface area contributed by atoms with Crippen LogP contribution in [0.3, 0.4) is 0 Å². The Balaban J connectivity index is 2.64. The van der Waals surface area contributed by atoms with E-state index in [0.717, 1.165) is 11.8 Å². The number of hydrogen-bond acceptors (Lipinski definition) is 1. The molecule has 1 aromatic rings. The first kappa shape index (κ1) is 12.7. The molecular weight excluding hydrogens is 324 g/mol. The molecular formula is C11H16Br2S. The summed E-state index contributed by atoms with van der Waals surface area (Å²) < 4.78 is 1.21. The Kier molecular flexibility index (Phi) is 5.15. The average molecular weight is 340 g/mol. The van der Waals surface area contributed by atoms with E-state index in [1.165, 1.54) is 15.8 Å². The van der Waals surface area contributed by atoms with E-state index in [4.69, 9.17) is 0 Å². The van der Waals surface area contributed by atoms with Crippen molar-refractivity contribution in [2.45, 2.75) is 32.0 Å². The molecule has 0 amide bonds. The summed E-state index contributed by atoms with van der Waals surface area (Å²) in [5, 5.41) is 2.16. The summed E-state index contributed by atoms with van der Waals surface area (Å²) in [6.45, 7) is 6.84. The third-order valence-electron chi connectivity index (χ3n) is 2.50. The SMILES string of the molecule is CC(C)C(Cc1cc(Br)cs1)C(C)Br. The van der Waals surface area contributed by atoms with Crippen LogP contribution in [0.25, 0.3) is 0 Å². The van der Waals surface area contributed by atoms with Crippen molar-refractivity contribution >= 4 is 43.2 Å². The van der Waals surface area contributed by atoms with Crippen molar-refractivity contribution in [1.29, 1.82) is 0 Å². The van der Waals surface area contributed by atoms with Crippen LogP contribution in [0.5, 0.6) is 0 Å². The summed E-state index contributed by atoms with van der Waals surface area (Å²) in [7, 11) is 0. The smallest absolute Gasteiger partial charge is 0.0285 e. The lowest BCUT2D eigenvalue weighted by atomic mass is 9.89. The summed E-state index contributed by atoms with van der Waals surface area (Å²) in [5.41, 5.74) is 0. The predicted molar refractivity (Wildman–Crippen MR) is 72.4 cm³/mol. The van der Waals surface area contributed by atoms with E-state index in [-0.39, 0.29) is 0 Å². The third-order valence-corrected chi connectivity index (χ3v) is 4.90. The summed E-state index contributed by atoms with van der Waals surface area (Å²) in [5.74, 6) is 1.45. The van der Waals surface area contributed by atoms with Crippen LogP contribution in [0.2, 0.25) is 0 Å².